The molecular weight excluding hydrogens is 184 g/mol. The van der Waals surface area contributed by atoms with Gasteiger partial charge >= 0.3 is 5.97 Å². The molecule has 0 spiro atoms. The van der Waals surface area contributed by atoms with E-state index in [9.17, 15) is 9.59 Å². The van der Waals surface area contributed by atoms with Gasteiger partial charge in [-0.2, -0.15) is 0 Å². The Labute approximate surface area is 84.1 Å². The number of hydrogen-bond donors (Lipinski definition) is 2. The Hall–Kier alpha value is -1.10. The minimum absolute atomic E-state index is 0.237. The summed E-state index contributed by atoms with van der Waals surface area (Å²) in [6.07, 6.45) is 2.50. The molecule has 0 rings (SSSR count). The second-order valence-electron chi connectivity index (χ2n) is 3.23. The minimum Gasteiger partial charge on any atom is -0.481 e. The van der Waals surface area contributed by atoms with Crippen LogP contribution in [-0.4, -0.2) is 49.1 Å². The van der Waals surface area contributed by atoms with Gasteiger partial charge in [0, 0.05) is 19.5 Å². The molecule has 0 aromatic carbocycles. The molecule has 0 aliphatic heterocycles. The van der Waals surface area contributed by atoms with E-state index in [1.165, 1.54) is 0 Å². The first-order valence-corrected chi connectivity index (χ1v) is 4.74. The van der Waals surface area contributed by atoms with E-state index >= 15 is 0 Å². The molecule has 14 heavy (non-hydrogen) atoms. The van der Waals surface area contributed by atoms with E-state index in [1.54, 1.807) is 0 Å². The van der Waals surface area contributed by atoms with Crippen molar-refractivity contribution in [1.29, 1.82) is 0 Å². The lowest BCUT2D eigenvalue weighted by atomic mass is 10.2. The topological polar surface area (TPSA) is 69.6 Å². The third-order valence-corrected chi connectivity index (χ3v) is 1.90. The van der Waals surface area contributed by atoms with Crippen molar-refractivity contribution in [2.24, 2.45) is 0 Å². The fourth-order valence-corrected chi connectivity index (χ4v) is 1.08. The third-order valence-electron chi connectivity index (χ3n) is 1.90. The van der Waals surface area contributed by atoms with E-state index in [-0.39, 0.29) is 6.42 Å². The van der Waals surface area contributed by atoms with Gasteiger partial charge < -0.3 is 15.3 Å². The van der Waals surface area contributed by atoms with Crippen molar-refractivity contribution in [2.75, 3.05) is 26.7 Å². The zero-order valence-electron chi connectivity index (χ0n) is 8.53. The van der Waals surface area contributed by atoms with Gasteiger partial charge in [-0.3, -0.25) is 9.59 Å². The fourth-order valence-electron chi connectivity index (χ4n) is 1.08. The fraction of sp³-hybridized carbons (Fsp3) is 0.778. The van der Waals surface area contributed by atoms with Gasteiger partial charge in [-0.05, 0) is 26.4 Å². The monoisotopic (exact) mass is 202 g/mol. The summed E-state index contributed by atoms with van der Waals surface area (Å²) >= 11 is 0. The van der Waals surface area contributed by atoms with Crippen molar-refractivity contribution in [3.8, 4) is 0 Å². The molecule has 0 fully saturated rings. The van der Waals surface area contributed by atoms with Gasteiger partial charge in [0.25, 0.3) is 0 Å². The normalized spacial score (nSPS) is 10.1. The Bertz CT molecular complexity index is 173. The highest BCUT2D eigenvalue weighted by Gasteiger charge is 1.99. The number of nitrogens with zero attached hydrogens (tertiary/aromatic N) is 1. The van der Waals surface area contributed by atoms with E-state index in [4.69, 9.17) is 5.11 Å². The molecule has 5 nitrogen and oxygen atoms in total. The number of nitrogens with one attached hydrogen (secondary N) is 1. The predicted molar refractivity (Wildman–Crippen MR) is 53.1 cm³/mol. The lowest BCUT2D eigenvalue weighted by molar-refractivity contribution is -0.137. The summed E-state index contributed by atoms with van der Waals surface area (Å²) in [5, 5.41) is 11.0. The van der Waals surface area contributed by atoms with Crippen LogP contribution in [0.25, 0.3) is 0 Å². The maximum absolute atomic E-state index is 10.2. The van der Waals surface area contributed by atoms with Crippen LogP contribution in [0.5, 0.6) is 0 Å². The van der Waals surface area contributed by atoms with Gasteiger partial charge in [-0.25, -0.2) is 0 Å². The molecule has 5 heteroatoms. The highest BCUT2D eigenvalue weighted by molar-refractivity contribution is 5.66. The number of carbonyl (C=O) groups is 2. The molecule has 0 radical (unpaired) electrons. The van der Waals surface area contributed by atoms with Gasteiger partial charge in [0.05, 0.1) is 0 Å². The van der Waals surface area contributed by atoms with Crippen molar-refractivity contribution < 1.29 is 14.7 Å². The van der Waals surface area contributed by atoms with Crippen molar-refractivity contribution in [3.05, 3.63) is 0 Å². The molecule has 1 amide bonds. The van der Waals surface area contributed by atoms with Crippen LogP contribution in [0.1, 0.15) is 19.3 Å². The summed E-state index contributed by atoms with van der Waals surface area (Å²) in [7, 11) is 1.95. The van der Waals surface area contributed by atoms with E-state index in [0.717, 1.165) is 19.5 Å². The van der Waals surface area contributed by atoms with Crippen LogP contribution in [-0.2, 0) is 9.59 Å². The maximum Gasteiger partial charge on any atom is 0.303 e. The standard InChI is InChI=1S/C9H18N2O3/c1-11(7-5-10-8-12)6-3-2-4-9(13)14/h8H,2-7H2,1H3,(H,10,12)(H,13,14). The van der Waals surface area contributed by atoms with Crippen LogP contribution < -0.4 is 5.32 Å². The smallest absolute Gasteiger partial charge is 0.303 e. The second kappa shape index (κ2) is 8.50. The highest BCUT2D eigenvalue weighted by Crippen LogP contribution is 1.96. The van der Waals surface area contributed by atoms with Gasteiger partial charge in [0.2, 0.25) is 6.41 Å². The Balaban J connectivity index is 3.21. The largest absolute Gasteiger partial charge is 0.481 e. The Morgan fingerprint density at radius 3 is 2.71 bits per heavy atom. The van der Waals surface area contributed by atoms with Crippen LogP contribution in [0, 0.1) is 0 Å². The summed E-state index contributed by atoms with van der Waals surface area (Å²) in [5.41, 5.74) is 0. The number of aliphatic carboxylic acids is 1. The molecule has 0 saturated carbocycles. The summed E-state index contributed by atoms with van der Waals surface area (Å²) in [5.74, 6) is -0.740. The average Bonchev–Trinajstić information content (AvgIpc) is 2.13. The summed E-state index contributed by atoms with van der Waals surface area (Å²) in [6.45, 7) is 2.30. The molecule has 82 valence electrons. The maximum atomic E-state index is 10.2. The molecule has 0 heterocycles. The van der Waals surface area contributed by atoms with Crippen LogP contribution in [0.15, 0.2) is 0 Å². The van der Waals surface area contributed by atoms with Gasteiger partial charge in [0.1, 0.15) is 0 Å². The molecule has 2 N–H and O–H groups in total. The number of amides is 1. The molecule has 0 aliphatic rings. The zero-order valence-corrected chi connectivity index (χ0v) is 8.53. The van der Waals surface area contributed by atoms with Crippen LogP contribution in [0.2, 0.25) is 0 Å². The predicted octanol–water partition coefficient (Wildman–Crippen LogP) is -0.0809. The third kappa shape index (κ3) is 8.99. The van der Waals surface area contributed by atoms with Crippen LogP contribution in [0.3, 0.4) is 0 Å². The second-order valence-corrected chi connectivity index (χ2v) is 3.23. The molecule has 0 unspecified atom stereocenters. The Kier molecular flexibility index (Phi) is 7.83. The van der Waals surface area contributed by atoms with E-state index in [0.29, 0.717) is 19.4 Å². The first-order chi connectivity index (χ1) is 6.66. The number of carboxylic acid groups (broad SMARTS) is 1. The quantitative estimate of drug-likeness (QED) is 0.405. The summed E-state index contributed by atoms with van der Waals surface area (Å²) in [4.78, 5) is 22.2. The molecule has 0 bridgehead atoms. The zero-order chi connectivity index (χ0) is 10.8. The number of rotatable bonds is 9. The SMILES string of the molecule is CN(CCCCC(=O)O)CCNC=O. The van der Waals surface area contributed by atoms with Crippen molar-refractivity contribution in [3.63, 3.8) is 0 Å². The number of likely N-dealkylation sites (N-methyl/N-ethyl adjacent to an activating group) is 1. The number of unbranched alkanes of at least 4 members (excludes halogenated alkanes) is 1. The molecular formula is C9H18N2O3. The Morgan fingerprint density at radius 2 is 2.14 bits per heavy atom. The first kappa shape index (κ1) is 12.9. The van der Waals surface area contributed by atoms with Crippen molar-refractivity contribution in [1.82, 2.24) is 10.2 Å². The molecule has 0 saturated heterocycles. The first-order valence-electron chi connectivity index (χ1n) is 4.74. The van der Waals surface area contributed by atoms with Crippen molar-refractivity contribution in [2.45, 2.75) is 19.3 Å². The van der Waals surface area contributed by atoms with Gasteiger partial charge in [0.15, 0.2) is 0 Å². The molecule has 0 aromatic heterocycles. The molecule has 0 atom stereocenters. The van der Waals surface area contributed by atoms with Crippen molar-refractivity contribution >= 4 is 12.4 Å². The molecule has 0 aromatic rings. The number of carbonyl (C=O) groups excluding carboxylic acids is 1. The summed E-state index contributed by atoms with van der Waals surface area (Å²) in [6, 6.07) is 0. The lowest BCUT2D eigenvalue weighted by Gasteiger charge is -2.15. The van der Waals surface area contributed by atoms with E-state index < -0.39 is 5.97 Å². The van der Waals surface area contributed by atoms with Crippen LogP contribution >= 0.6 is 0 Å². The van der Waals surface area contributed by atoms with Gasteiger partial charge in [-0.1, -0.05) is 0 Å². The van der Waals surface area contributed by atoms with E-state index in [1.807, 2.05) is 7.05 Å². The van der Waals surface area contributed by atoms with E-state index in [2.05, 4.69) is 10.2 Å². The van der Waals surface area contributed by atoms with Gasteiger partial charge in [-0.15, -0.1) is 0 Å². The van der Waals surface area contributed by atoms with Crippen LogP contribution in [0.4, 0.5) is 0 Å². The highest BCUT2D eigenvalue weighted by atomic mass is 16.4. The summed E-state index contributed by atoms with van der Waals surface area (Å²) < 4.78 is 0. The Morgan fingerprint density at radius 1 is 1.43 bits per heavy atom. The minimum atomic E-state index is -0.740. The number of hydrogen-bond acceptors (Lipinski definition) is 3. The average molecular weight is 202 g/mol. The lowest BCUT2D eigenvalue weighted by Crippen LogP contribution is -2.29. The number of carboxylic acids is 1. The molecule has 0 aliphatic carbocycles.